The molecule has 18 heavy (non-hydrogen) atoms. The highest BCUT2D eigenvalue weighted by molar-refractivity contribution is 14.1. The molecule has 0 aromatic heterocycles. The van der Waals surface area contributed by atoms with E-state index in [0.717, 1.165) is 9.13 Å². The summed E-state index contributed by atoms with van der Waals surface area (Å²) in [4.78, 5) is 12.1. The normalized spacial score (nSPS) is 10.2. The number of benzene rings is 2. The first-order valence-corrected chi connectivity index (χ1v) is 6.85. The molecule has 0 radical (unpaired) electrons. The van der Waals surface area contributed by atoms with E-state index in [2.05, 4.69) is 27.9 Å². The van der Waals surface area contributed by atoms with Crippen molar-refractivity contribution in [2.75, 3.05) is 5.32 Å². The summed E-state index contributed by atoms with van der Waals surface area (Å²) in [6.07, 6.45) is 0. The molecule has 0 aliphatic heterocycles. The zero-order chi connectivity index (χ0) is 13.1. The number of hydrogen-bond acceptors (Lipinski definition) is 1. The Labute approximate surface area is 124 Å². The van der Waals surface area contributed by atoms with Gasteiger partial charge in [-0.2, -0.15) is 0 Å². The van der Waals surface area contributed by atoms with E-state index in [4.69, 9.17) is 11.6 Å². The summed E-state index contributed by atoms with van der Waals surface area (Å²) in [7, 11) is 0. The van der Waals surface area contributed by atoms with Gasteiger partial charge in [0.15, 0.2) is 0 Å². The van der Waals surface area contributed by atoms with E-state index in [9.17, 15) is 4.79 Å². The minimum atomic E-state index is -0.150. The quantitative estimate of drug-likeness (QED) is 0.774. The Morgan fingerprint density at radius 2 is 2.00 bits per heavy atom. The number of halogens is 2. The first-order valence-electron chi connectivity index (χ1n) is 5.39. The summed E-state index contributed by atoms with van der Waals surface area (Å²) in [6.45, 7) is 1.95. The van der Waals surface area contributed by atoms with Crippen molar-refractivity contribution in [3.05, 3.63) is 62.2 Å². The highest BCUT2D eigenvalue weighted by atomic mass is 127. The minimum absolute atomic E-state index is 0.150. The van der Waals surface area contributed by atoms with E-state index in [-0.39, 0.29) is 5.91 Å². The molecule has 4 heteroatoms. The summed E-state index contributed by atoms with van der Waals surface area (Å²) < 4.78 is 1.02. The summed E-state index contributed by atoms with van der Waals surface area (Å²) in [6, 6.07) is 13.0. The Balaban J connectivity index is 2.24. The average Bonchev–Trinajstić information content (AvgIpc) is 2.34. The van der Waals surface area contributed by atoms with Crippen LogP contribution in [0.4, 0.5) is 5.69 Å². The number of aryl methyl sites for hydroxylation is 1. The van der Waals surface area contributed by atoms with Gasteiger partial charge in [-0.05, 0) is 59.8 Å². The van der Waals surface area contributed by atoms with Crippen LogP contribution < -0.4 is 5.32 Å². The highest BCUT2D eigenvalue weighted by Crippen LogP contribution is 2.24. The van der Waals surface area contributed by atoms with E-state index in [0.29, 0.717) is 16.3 Å². The van der Waals surface area contributed by atoms with Crippen LogP contribution in [-0.2, 0) is 0 Å². The van der Waals surface area contributed by atoms with Crippen molar-refractivity contribution < 1.29 is 4.79 Å². The van der Waals surface area contributed by atoms with Gasteiger partial charge >= 0.3 is 0 Å². The Morgan fingerprint density at radius 3 is 2.72 bits per heavy atom. The summed E-state index contributed by atoms with van der Waals surface area (Å²) >= 11 is 8.22. The fourth-order valence-electron chi connectivity index (χ4n) is 1.57. The van der Waals surface area contributed by atoms with E-state index in [1.165, 1.54) is 0 Å². The maximum atomic E-state index is 12.1. The molecule has 1 amide bonds. The second-order valence-electron chi connectivity index (χ2n) is 3.95. The number of carbonyl (C=O) groups excluding carboxylic acids is 1. The molecule has 0 saturated heterocycles. The van der Waals surface area contributed by atoms with Crippen LogP contribution in [0.3, 0.4) is 0 Å². The van der Waals surface area contributed by atoms with Crippen LogP contribution in [0, 0.1) is 10.5 Å². The Kier molecular flexibility index (Phi) is 4.24. The zero-order valence-electron chi connectivity index (χ0n) is 9.71. The van der Waals surface area contributed by atoms with Gasteiger partial charge in [-0.15, -0.1) is 0 Å². The van der Waals surface area contributed by atoms with Crippen LogP contribution in [0.15, 0.2) is 42.5 Å². The number of anilines is 1. The first kappa shape index (κ1) is 13.4. The lowest BCUT2D eigenvalue weighted by molar-refractivity contribution is 0.102. The fourth-order valence-corrected chi connectivity index (χ4v) is 2.23. The third kappa shape index (κ3) is 3.23. The van der Waals surface area contributed by atoms with Gasteiger partial charge in [0, 0.05) is 9.13 Å². The van der Waals surface area contributed by atoms with Crippen molar-refractivity contribution in [2.24, 2.45) is 0 Å². The Bertz CT molecular complexity index is 598. The minimum Gasteiger partial charge on any atom is -0.321 e. The third-order valence-electron chi connectivity index (χ3n) is 2.46. The maximum absolute atomic E-state index is 12.1. The molecule has 1 N–H and O–H groups in total. The molecule has 2 aromatic rings. The van der Waals surface area contributed by atoms with Crippen molar-refractivity contribution in [2.45, 2.75) is 6.92 Å². The second kappa shape index (κ2) is 5.71. The summed E-state index contributed by atoms with van der Waals surface area (Å²) in [5.74, 6) is -0.150. The van der Waals surface area contributed by atoms with Crippen LogP contribution in [0.5, 0.6) is 0 Å². The van der Waals surface area contributed by atoms with Gasteiger partial charge in [-0.25, -0.2) is 0 Å². The van der Waals surface area contributed by atoms with Crippen LogP contribution in [0.2, 0.25) is 5.02 Å². The lowest BCUT2D eigenvalue weighted by Crippen LogP contribution is -2.12. The molecule has 0 unspecified atom stereocenters. The van der Waals surface area contributed by atoms with Crippen LogP contribution in [0.1, 0.15) is 15.9 Å². The molecular weight excluding hydrogens is 361 g/mol. The lowest BCUT2D eigenvalue weighted by atomic mass is 10.1. The zero-order valence-corrected chi connectivity index (χ0v) is 12.6. The molecule has 0 fully saturated rings. The molecule has 0 saturated carbocycles. The molecule has 0 atom stereocenters. The van der Waals surface area contributed by atoms with Gasteiger partial charge in [-0.3, -0.25) is 4.79 Å². The van der Waals surface area contributed by atoms with Gasteiger partial charge in [0.2, 0.25) is 0 Å². The predicted molar refractivity (Wildman–Crippen MR) is 83.3 cm³/mol. The largest absolute Gasteiger partial charge is 0.321 e. The van der Waals surface area contributed by atoms with Crippen LogP contribution >= 0.6 is 34.2 Å². The number of rotatable bonds is 2. The van der Waals surface area contributed by atoms with Gasteiger partial charge < -0.3 is 5.32 Å². The molecule has 0 spiro atoms. The summed E-state index contributed by atoms with van der Waals surface area (Å²) in [5, 5.41) is 3.36. The van der Waals surface area contributed by atoms with Crippen molar-refractivity contribution >= 4 is 45.8 Å². The van der Waals surface area contributed by atoms with Crippen molar-refractivity contribution in [1.82, 2.24) is 0 Å². The smallest absolute Gasteiger partial charge is 0.255 e. The van der Waals surface area contributed by atoms with Crippen LogP contribution in [-0.4, -0.2) is 5.91 Å². The molecule has 0 bridgehead atoms. The van der Waals surface area contributed by atoms with Crippen LogP contribution in [0.25, 0.3) is 0 Å². The lowest BCUT2D eigenvalue weighted by Gasteiger charge is -2.08. The average molecular weight is 372 g/mol. The Morgan fingerprint density at radius 1 is 1.22 bits per heavy atom. The van der Waals surface area contributed by atoms with Gasteiger partial charge in [0.1, 0.15) is 0 Å². The van der Waals surface area contributed by atoms with E-state index in [1.807, 2.05) is 37.3 Å². The molecule has 2 aromatic carbocycles. The number of carbonyl (C=O) groups is 1. The molecule has 92 valence electrons. The molecule has 0 heterocycles. The molecule has 0 aliphatic rings. The SMILES string of the molecule is Cc1cccc(C(=O)Nc2cc(I)ccc2Cl)c1. The molecular formula is C14H11ClINO. The number of amides is 1. The topological polar surface area (TPSA) is 29.1 Å². The number of nitrogens with one attached hydrogen (secondary N) is 1. The van der Waals surface area contributed by atoms with Crippen molar-refractivity contribution in [3.8, 4) is 0 Å². The Hall–Kier alpha value is -1.07. The number of hydrogen-bond donors (Lipinski definition) is 1. The van der Waals surface area contributed by atoms with Crippen molar-refractivity contribution in [3.63, 3.8) is 0 Å². The third-order valence-corrected chi connectivity index (χ3v) is 3.46. The standard InChI is InChI=1S/C14H11ClINO/c1-9-3-2-4-10(7-9)14(18)17-13-8-11(16)5-6-12(13)15/h2-8H,1H3,(H,17,18). The van der Waals surface area contributed by atoms with E-state index < -0.39 is 0 Å². The molecule has 2 nitrogen and oxygen atoms in total. The fraction of sp³-hybridized carbons (Fsp3) is 0.0714. The summed E-state index contributed by atoms with van der Waals surface area (Å²) in [5.41, 5.74) is 2.32. The van der Waals surface area contributed by atoms with Gasteiger partial charge in [0.05, 0.1) is 10.7 Å². The molecule has 2 rings (SSSR count). The monoisotopic (exact) mass is 371 g/mol. The van der Waals surface area contributed by atoms with Gasteiger partial charge in [-0.1, -0.05) is 29.3 Å². The predicted octanol–water partition coefficient (Wildman–Crippen LogP) is 4.51. The first-order chi connectivity index (χ1) is 8.56. The molecule has 0 aliphatic carbocycles. The maximum Gasteiger partial charge on any atom is 0.255 e. The van der Waals surface area contributed by atoms with Gasteiger partial charge in [0.25, 0.3) is 5.91 Å². The van der Waals surface area contributed by atoms with E-state index in [1.54, 1.807) is 12.1 Å². The van der Waals surface area contributed by atoms with Crippen molar-refractivity contribution in [1.29, 1.82) is 0 Å². The highest BCUT2D eigenvalue weighted by Gasteiger charge is 2.08. The van der Waals surface area contributed by atoms with E-state index >= 15 is 0 Å². The second-order valence-corrected chi connectivity index (χ2v) is 5.60.